The van der Waals surface area contributed by atoms with Crippen molar-refractivity contribution in [1.82, 2.24) is 4.90 Å². The van der Waals surface area contributed by atoms with E-state index in [9.17, 15) is 14.4 Å². The zero-order valence-corrected chi connectivity index (χ0v) is 14.2. The summed E-state index contributed by atoms with van der Waals surface area (Å²) in [6.07, 6.45) is 1.66. The molecule has 1 aliphatic heterocycles. The topological polar surface area (TPSA) is 83.9 Å². The van der Waals surface area contributed by atoms with Crippen molar-refractivity contribution in [2.75, 3.05) is 13.2 Å². The molecule has 0 aliphatic carbocycles. The van der Waals surface area contributed by atoms with Crippen LogP contribution in [0.5, 0.6) is 0 Å². The number of imide groups is 1. The number of halogens is 1. The van der Waals surface area contributed by atoms with Crippen LogP contribution in [-0.2, 0) is 19.1 Å². The molecule has 0 saturated carbocycles. The van der Waals surface area contributed by atoms with Gasteiger partial charge in [0.2, 0.25) is 0 Å². The van der Waals surface area contributed by atoms with Gasteiger partial charge >= 0.3 is 5.97 Å². The van der Waals surface area contributed by atoms with E-state index in [2.05, 4.69) is 15.9 Å². The molecular weight excluding hydrogens is 342 g/mol. The first-order valence-electron chi connectivity index (χ1n) is 6.57. The molecule has 1 N–H and O–H groups in total. The minimum Gasteiger partial charge on any atom is -0.481 e. The molecule has 6 nitrogen and oxygen atoms in total. The molecule has 0 aromatic rings. The van der Waals surface area contributed by atoms with Crippen molar-refractivity contribution < 1.29 is 24.2 Å². The highest BCUT2D eigenvalue weighted by Crippen LogP contribution is 2.24. The average Bonchev–Trinajstić information content (AvgIpc) is 2.59. The quantitative estimate of drug-likeness (QED) is 0.700. The Balaban J connectivity index is 2.53. The average molecular weight is 362 g/mol. The first kappa shape index (κ1) is 17.8. The van der Waals surface area contributed by atoms with Crippen LogP contribution < -0.4 is 0 Å². The van der Waals surface area contributed by atoms with Crippen LogP contribution in [0.4, 0.5) is 0 Å². The fourth-order valence-electron chi connectivity index (χ4n) is 1.58. The maximum Gasteiger partial charge on any atom is 0.311 e. The fraction of sp³-hybridized carbons (Fsp3) is 0.643. The summed E-state index contributed by atoms with van der Waals surface area (Å²) in [5.41, 5.74) is -1.62. The molecule has 118 valence electrons. The number of hydrogen-bond acceptors (Lipinski definition) is 4. The van der Waals surface area contributed by atoms with Gasteiger partial charge in [0.05, 0.1) is 22.1 Å². The summed E-state index contributed by atoms with van der Waals surface area (Å²) < 4.78 is 5.90. The summed E-state index contributed by atoms with van der Waals surface area (Å²) in [5.74, 6) is -1.65. The second-order valence-electron chi connectivity index (χ2n) is 6.27. The molecule has 2 amide bonds. The van der Waals surface area contributed by atoms with Crippen LogP contribution in [0, 0.1) is 5.41 Å². The normalized spacial score (nSPS) is 16.4. The van der Waals surface area contributed by atoms with Crippen LogP contribution in [0.2, 0.25) is 0 Å². The van der Waals surface area contributed by atoms with Gasteiger partial charge in [0.1, 0.15) is 0 Å². The maximum atomic E-state index is 11.7. The Hall–Kier alpha value is -1.21. The van der Waals surface area contributed by atoms with E-state index in [1.54, 1.807) is 27.7 Å². The maximum absolute atomic E-state index is 11.7. The summed E-state index contributed by atoms with van der Waals surface area (Å²) in [6.45, 7) is 7.06. The van der Waals surface area contributed by atoms with Crippen molar-refractivity contribution in [3.63, 3.8) is 0 Å². The SMILES string of the molecule is CC(C)(CCN1C(=O)C=C(Br)C1=O)OCC(C)(C)C(=O)O. The van der Waals surface area contributed by atoms with Crippen LogP contribution in [-0.4, -0.2) is 46.5 Å². The smallest absolute Gasteiger partial charge is 0.311 e. The molecular formula is C14H20BrNO5. The van der Waals surface area contributed by atoms with Crippen LogP contribution in [0.15, 0.2) is 10.6 Å². The highest BCUT2D eigenvalue weighted by Gasteiger charge is 2.33. The van der Waals surface area contributed by atoms with Gasteiger partial charge in [0, 0.05) is 12.6 Å². The lowest BCUT2D eigenvalue weighted by Gasteiger charge is -2.30. The zero-order valence-electron chi connectivity index (χ0n) is 12.6. The lowest BCUT2D eigenvalue weighted by atomic mass is 9.94. The predicted molar refractivity (Wildman–Crippen MR) is 79.8 cm³/mol. The van der Waals surface area contributed by atoms with Crippen LogP contribution in [0.25, 0.3) is 0 Å². The number of carbonyl (C=O) groups excluding carboxylic acids is 2. The largest absolute Gasteiger partial charge is 0.481 e. The molecule has 1 heterocycles. The lowest BCUT2D eigenvalue weighted by molar-refractivity contribution is -0.154. The molecule has 1 rings (SSSR count). The Morgan fingerprint density at radius 1 is 1.33 bits per heavy atom. The summed E-state index contributed by atoms with van der Waals surface area (Å²) >= 11 is 3.03. The third-order valence-electron chi connectivity index (χ3n) is 3.31. The Morgan fingerprint density at radius 3 is 2.33 bits per heavy atom. The molecule has 0 saturated heterocycles. The molecule has 0 aromatic heterocycles. The number of hydrogen-bond donors (Lipinski definition) is 1. The molecule has 0 atom stereocenters. The Labute approximate surface area is 132 Å². The lowest BCUT2D eigenvalue weighted by Crippen LogP contribution is -2.39. The number of ether oxygens (including phenoxy) is 1. The second kappa shape index (κ2) is 6.27. The Bertz CT molecular complexity index is 496. The van der Waals surface area contributed by atoms with Crippen molar-refractivity contribution in [3.05, 3.63) is 10.6 Å². The number of carboxylic acid groups (broad SMARTS) is 1. The van der Waals surface area contributed by atoms with Gasteiger partial charge in [-0.05, 0) is 50.0 Å². The van der Waals surface area contributed by atoms with Gasteiger partial charge in [-0.1, -0.05) is 0 Å². The van der Waals surface area contributed by atoms with Gasteiger partial charge in [-0.2, -0.15) is 0 Å². The summed E-state index contributed by atoms with van der Waals surface area (Å²) in [6, 6.07) is 0. The Morgan fingerprint density at radius 2 is 1.90 bits per heavy atom. The van der Waals surface area contributed by atoms with Gasteiger partial charge in [-0.3, -0.25) is 19.3 Å². The molecule has 0 radical (unpaired) electrons. The van der Waals surface area contributed by atoms with E-state index < -0.39 is 17.0 Å². The minimum absolute atomic E-state index is 0.0547. The van der Waals surface area contributed by atoms with Crippen LogP contribution in [0.1, 0.15) is 34.1 Å². The van der Waals surface area contributed by atoms with Gasteiger partial charge in [0.25, 0.3) is 11.8 Å². The number of aliphatic carboxylic acids is 1. The molecule has 0 fully saturated rings. The number of carbonyl (C=O) groups is 3. The van der Waals surface area contributed by atoms with Crippen molar-refractivity contribution >= 4 is 33.7 Å². The van der Waals surface area contributed by atoms with Crippen molar-refractivity contribution in [1.29, 1.82) is 0 Å². The standard InChI is InChI=1S/C14H20BrNO5/c1-13(2,12(19)20)8-21-14(3,4)5-6-16-10(17)7-9(15)11(16)18/h7H,5-6,8H2,1-4H3,(H,19,20). The van der Waals surface area contributed by atoms with Crippen molar-refractivity contribution in [2.24, 2.45) is 5.41 Å². The van der Waals surface area contributed by atoms with E-state index in [0.29, 0.717) is 6.42 Å². The molecule has 0 bridgehead atoms. The van der Waals surface area contributed by atoms with E-state index >= 15 is 0 Å². The number of nitrogens with zero attached hydrogens (tertiary/aromatic N) is 1. The zero-order chi connectivity index (χ0) is 16.4. The Kier molecular flexibility index (Phi) is 5.33. The van der Waals surface area contributed by atoms with Crippen LogP contribution >= 0.6 is 15.9 Å². The number of carboxylic acids is 1. The molecule has 0 unspecified atom stereocenters. The van der Waals surface area contributed by atoms with E-state index in [1.165, 1.54) is 6.08 Å². The molecule has 7 heteroatoms. The van der Waals surface area contributed by atoms with E-state index in [4.69, 9.17) is 9.84 Å². The van der Waals surface area contributed by atoms with Crippen molar-refractivity contribution in [2.45, 2.75) is 39.7 Å². The number of rotatable bonds is 7. The second-order valence-corrected chi connectivity index (χ2v) is 7.13. The molecule has 0 spiro atoms. The van der Waals surface area contributed by atoms with Gasteiger partial charge < -0.3 is 9.84 Å². The summed E-state index contributed by atoms with van der Waals surface area (Å²) in [7, 11) is 0. The first-order valence-corrected chi connectivity index (χ1v) is 7.36. The van der Waals surface area contributed by atoms with Crippen molar-refractivity contribution in [3.8, 4) is 0 Å². The summed E-state index contributed by atoms with van der Waals surface area (Å²) in [4.78, 5) is 35.5. The molecule has 0 aromatic carbocycles. The van der Waals surface area contributed by atoms with Gasteiger partial charge in [0.15, 0.2) is 0 Å². The predicted octanol–water partition coefficient (Wildman–Crippen LogP) is 1.93. The van der Waals surface area contributed by atoms with E-state index in [-0.39, 0.29) is 29.4 Å². The number of amides is 2. The first-order chi connectivity index (χ1) is 9.46. The van der Waals surface area contributed by atoms with E-state index in [0.717, 1.165) is 4.90 Å². The molecule has 1 aliphatic rings. The van der Waals surface area contributed by atoms with Gasteiger partial charge in [-0.15, -0.1) is 0 Å². The highest BCUT2D eigenvalue weighted by atomic mass is 79.9. The minimum atomic E-state index is -0.985. The van der Waals surface area contributed by atoms with Crippen LogP contribution in [0.3, 0.4) is 0 Å². The van der Waals surface area contributed by atoms with Gasteiger partial charge in [-0.25, -0.2) is 0 Å². The fourth-order valence-corrected chi connectivity index (χ4v) is 1.99. The van der Waals surface area contributed by atoms with E-state index in [1.807, 2.05) is 0 Å². The molecule has 21 heavy (non-hydrogen) atoms. The third-order valence-corrected chi connectivity index (χ3v) is 3.87. The third kappa shape index (κ3) is 4.64. The monoisotopic (exact) mass is 361 g/mol. The summed E-state index contributed by atoms with van der Waals surface area (Å²) in [5, 5.41) is 9.05. The highest BCUT2D eigenvalue weighted by molar-refractivity contribution is 9.12.